The molecule has 0 amide bonds. The van der Waals surface area contributed by atoms with Crippen LogP contribution in [-0.4, -0.2) is 19.2 Å². The van der Waals surface area contributed by atoms with Crippen molar-refractivity contribution < 1.29 is 9.47 Å². The molecule has 1 rings (SSSR count). The molecule has 0 fully saturated rings. The summed E-state index contributed by atoms with van der Waals surface area (Å²) in [6.45, 7) is 4.37. The number of hydrogen-bond acceptors (Lipinski definition) is 4. The summed E-state index contributed by atoms with van der Waals surface area (Å²) in [7, 11) is 3.24. The molecule has 0 aliphatic carbocycles. The van der Waals surface area contributed by atoms with Crippen molar-refractivity contribution in [1.82, 2.24) is 4.98 Å². The molecule has 14 heavy (non-hydrogen) atoms. The van der Waals surface area contributed by atoms with Crippen molar-refractivity contribution in [3.05, 3.63) is 16.1 Å². The van der Waals surface area contributed by atoms with E-state index in [4.69, 9.17) is 9.47 Å². The Bertz CT molecular complexity index is 269. The minimum atomic E-state index is -0.327. The van der Waals surface area contributed by atoms with Gasteiger partial charge in [0, 0.05) is 26.0 Å². The first-order chi connectivity index (χ1) is 6.67. The largest absolute Gasteiger partial charge is 0.350 e. The number of nitrogens with zero attached hydrogens (tertiary/aromatic N) is 1. The lowest BCUT2D eigenvalue weighted by molar-refractivity contribution is -0.108. The number of ether oxygens (including phenoxy) is 2. The predicted octanol–water partition coefficient (Wildman–Crippen LogP) is 2.63. The van der Waals surface area contributed by atoms with Gasteiger partial charge in [-0.25, -0.2) is 4.98 Å². The molecule has 0 spiro atoms. The average molecular weight is 215 g/mol. The zero-order chi connectivity index (χ0) is 10.6. The number of rotatable bonds is 5. The molecule has 3 nitrogen and oxygen atoms in total. The summed E-state index contributed by atoms with van der Waals surface area (Å²) in [5, 5.41) is 3.14. The monoisotopic (exact) mass is 215 g/mol. The van der Waals surface area contributed by atoms with Crippen LogP contribution in [0.4, 0.5) is 0 Å². The lowest BCUT2D eigenvalue weighted by Crippen LogP contribution is -2.04. The molecule has 0 bridgehead atoms. The molecule has 0 aliphatic rings. The lowest BCUT2D eigenvalue weighted by Gasteiger charge is -2.09. The molecule has 1 heterocycles. The second-order valence-electron chi connectivity index (χ2n) is 3.57. The van der Waals surface area contributed by atoms with Gasteiger partial charge in [-0.1, -0.05) is 13.8 Å². The van der Waals surface area contributed by atoms with Crippen LogP contribution in [0.3, 0.4) is 0 Å². The number of hydrogen-bond donors (Lipinski definition) is 0. The van der Waals surface area contributed by atoms with Crippen LogP contribution in [-0.2, 0) is 15.9 Å². The van der Waals surface area contributed by atoms with Crippen molar-refractivity contribution >= 4 is 11.3 Å². The summed E-state index contributed by atoms with van der Waals surface area (Å²) in [5.41, 5.74) is 0.871. The lowest BCUT2D eigenvalue weighted by atomic mass is 10.1. The summed E-state index contributed by atoms with van der Waals surface area (Å²) in [4.78, 5) is 4.46. The maximum atomic E-state index is 5.13. The average Bonchev–Trinajstić information content (AvgIpc) is 2.54. The molecule has 0 atom stereocenters. The zero-order valence-electron chi connectivity index (χ0n) is 9.11. The van der Waals surface area contributed by atoms with E-state index in [2.05, 4.69) is 18.8 Å². The van der Waals surface area contributed by atoms with Crippen molar-refractivity contribution in [2.75, 3.05) is 14.2 Å². The Morgan fingerprint density at radius 1 is 1.36 bits per heavy atom. The van der Waals surface area contributed by atoms with Gasteiger partial charge in [-0.3, -0.25) is 0 Å². The quantitative estimate of drug-likeness (QED) is 0.708. The highest BCUT2D eigenvalue weighted by Crippen LogP contribution is 2.21. The zero-order valence-corrected chi connectivity index (χ0v) is 9.93. The van der Waals surface area contributed by atoms with Crippen molar-refractivity contribution in [3.63, 3.8) is 0 Å². The van der Waals surface area contributed by atoms with Gasteiger partial charge in [0.2, 0.25) is 6.29 Å². The Labute approximate surface area is 89.1 Å². The summed E-state index contributed by atoms with van der Waals surface area (Å²) in [6, 6.07) is 0. The predicted molar refractivity (Wildman–Crippen MR) is 57.4 cm³/mol. The first kappa shape index (κ1) is 11.6. The fraction of sp³-hybridized carbons (Fsp3) is 0.700. The second kappa shape index (κ2) is 5.44. The van der Waals surface area contributed by atoms with Crippen molar-refractivity contribution in [2.45, 2.75) is 26.6 Å². The molecule has 0 saturated heterocycles. The molecular weight excluding hydrogens is 198 g/mol. The molecular formula is C10H17NO2S. The number of aromatic nitrogens is 1. The molecule has 1 aromatic heterocycles. The van der Waals surface area contributed by atoms with Crippen molar-refractivity contribution in [2.24, 2.45) is 5.92 Å². The molecule has 0 aliphatic heterocycles. The molecule has 0 saturated carbocycles. The first-order valence-corrected chi connectivity index (χ1v) is 5.55. The summed E-state index contributed by atoms with van der Waals surface area (Å²) >= 11 is 1.67. The third-order valence-corrected chi connectivity index (χ3v) is 2.71. The normalized spacial score (nSPS) is 11.6. The van der Waals surface area contributed by atoms with Gasteiger partial charge in [-0.2, -0.15) is 0 Å². The van der Waals surface area contributed by atoms with E-state index < -0.39 is 0 Å². The molecule has 0 aromatic carbocycles. The highest BCUT2D eigenvalue weighted by molar-refractivity contribution is 7.09. The van der Waals surface area contributed by atoms with Crippen LogP contribution in [0.2, 0.25) is 0 Å². The highest BCUT2D eigenvalue weighted by Gasteiger charge is 2.13. The number of thiazole rings is 1. The molecule has 0 unspecified atom stereocenters. The maximum absolute atomic E-state index is 5.13. The molecule has 1 aromatic rings. The standard InChI is InChI=1S/C10H17NO2S/c1-7(2)5-9-11-8(6-14-9)10(12-3)13-4/h6-7,10H,5H2,1-4H3. The van der Waals surface area contributed by atoms with E-state index >= 15 is 0 Å². The first-order valence-electron chi connectivity index (χ1n) is 4.67. The fourth-order valence-electron chi connectivity index (χ4n) is 1.21. The highest BCUT2D eigenvalue weighted by atomic mass is 32.1. The smallest absolute Gasteiger partial charge is 0.201 e. The van der Waals surface area contributed by atoms with E-state index in [1.807, 2.05) is 5.38 Å². The van der Waals surface area contributed by atoms with Crippen LogP contribution >= 0.6 is 11.3 Å². The van der Waals surface area contributed by atoms with E-state index in [1.165, 1.54) is 0 Å². The van der Waals surface area contributed by atoms with Gasteiger partial charge in [0.05, 0.1) is 5.01 Å². The maximum Gasteiger partial charge on any atom is 0.201 e. The third-order valence-electron chi connectivity index (χ3n) is 1.82. The Balaban J connectivity index is 2.66. The van der Waals surface area contributed by atoms with Crippen LogP contribution < -0.4 is 0 Å². The molecule has 80 valence electrons. The Morgan fingerprint density at radius 2 is 2.00 bits per heavy atom. The van der Waals surface area contributed by atoms with Crippen LogP contribution in [0.1, 0.15) is 30.8 Å². The van der Waals surface area contributed by atoms with Crippen LogP contribution in [0.5, 0.6) is 0 Å². The van der Waals surface area contributed by atoms with E-state index in [9.17, 15) is 0 Å². The molecule has 4 heteroatoms. The number of methoxy groups -OCH3 is 2. The third kappa shape index (κ3) is 3.04. The van der Waals surface area contributed by atoms with E-state index in [-0.39, 0.29) is 6.29 Å². The topological polar surface area (TPSA) is 31.4 Å². The Morgan fingerprint density at radius 3 is 2.50 bits per heavy atom. The van der Waals surface area contributed by atoms with Crippen molar-refractivity contribution in [3.8, 4) is 0 Å². The molecule has 0 N–H and O–H groups in total. The Hall–Kier alpha value is -0.450. The van der Waals surface area contributed by atoms with Crippen molar-refractivity contribution in [1.29, 1.82) is 0 Å². The summed E-state index contributed by atoms with van der Waals surface area (Å²) in [6.07, 6.45) is 0.692. The van der Waals surface area contributed by atoms with Gasteiger partial charge >= 0.3 is 0 Å². The minimum Gasteiger partial charge on any atom is -0.350 e. The van der Waals surface area contributed by atoms with Gasteiger partial charge in [0.25, 0.3) is 0 Å². The van der Waals surface area contributed by atoms with Gasteiger partial charge in [-0.15, -0.1) is 11.3 Å². The van der Waals surface area contributed by atoms with E-state index in [0.29, 0.717) is 5.92 Å². The van der Waals surface area contributed by atoms with Gasteiger partial charge in [-0.05, 0) is 5.92 Å². The molecule has 0 radical (unpaired) electrons. The SMILES string of the molecule is COC(OC)c1csc(CC(C)C)n1. The second-order valence-corrected chi connectivity index (χ2v) is 4.51. The van der Waals surface area contributed by atoms with E-state index in [1.54, 1.807) is 25.6 Å². The van der Waals surface area contributed by atoms with Gasteiger partial charge in [0.15, 0.2) is 0 Å². The summed E-state index contributed by atoms with van der Waals surface area (Å²) < 4.78 is 10.3. The van der Waals surface area contributed by atoms with Crippen LogP contribution in [0.15, 0.2) is 5.38 Å². The fourth-order valence-corrected chi connectivity index (χ4v) is 2.22. The Kier molecular flexibility index (Phi) is 4.51. The van der Waals surface area contributed by atoms with Crippen LogP contribution in [0.25, 0.3) is 0 Å². The van der Waals surface area contributed by atoms with E-state index in [0.717, 1.165) is 17.1 Å². The summed E-state index contributed by atoms with van der Waals surface area (Å²) in [5.74, 6) is 0.637. The minimum absolute atomic E-state index is 0.327. The van der Waals surface area contributed by atoms with Crippen LogP contribution in [0, 0.1) is 5.92 Å². The van der Waals surface area contributed by atoms with Gasteiger partial charge in [0.1, 0.15) is 5.69 Å². The van der Waals surface area contributed by atoms with Gasteiger partial charge < -0.3 is 9.47 Å².